The zero-order valence-corrected chi connectivity index (χ0v) is 27.1. The van der Waals surface area contributed by atoms with Gasteiger partial charge in [0.1, 0.15) is 5.01 Å². The highest BCUT2D eigenvalue weighted by atomic mass is 32.1. The molecule has 0 amide bonds. The van der Waals surface area contributed by atoms with E-state index in [0.717, 1.165) is 43.6 Å². The van der Waals surface area contributed by atoms with Gasteiger partial charge in [-0.3, -0.25) is 0 Å². The van der Waals surface area contributed by atoms with Gasteiger partial charge in [0.25, 0.3) is 0 Å². The maximum Gasteiger partial charge on any atom is 0.164 e. The van der Waals surface area contributed by atoms with E-state index in [1.54, 1.807) is 11.3 Å². The van der Waals surface area contributed by atoms with Gasteiger partial charge in [0.05, 0.1) is 14.9 Å². The molecular formula is C42H24N4S2. The Morgan fingerprint density at radius 2 is 1.10 bits per heavy atom. The number of aromatic nitrogens is 4. The number of fused-ring (bicyclic) bond motifs is 8. The maximum absolute atomic E-state index is 5.13. The van der Waals surface area contributed by atoms with Gasteiger partial charge in [-0.05, 0) is 39.7 Å². The van der Waals surface area contributed by atoms with Crippen molar-refractivity contribution in [2.45, 2.75) is 0 Å². The molecule has 0 N–H and O–H groups in total. The van der Waals surface area contributed by atoms with Gasteiger partial charge in [-0.15, -0.1) is 22.7 Å². The summed E-state index contributed by atoms with van der Waals surface area (Å²) in [7, 11) is 0. The molecule has 0 aliphatic rings. The number of benzene rings is 7. The minimum atomic E-state index is 0.657. The molecule has 224 valence electrons. The second kappa shape index (κ2) is 10.9. The standard InChI is InChI=1S/C42H24N4S2/c1-3-11-26(12-4-1)39-44-40(29-19-18-25-10-7-8-15-28(25)24-29)46-41(45-39)32-17-9-16-31-30(32)21-23-35-36(31)33-20-22-34-38(37(33)47-35)48-42(43-34)27-13-5-2-6-14-27/h1-24H. The largest absolute Gasteiger partial charge is 0.236 e. The third-order valence-corrected chi connectivity index (χ3v) is 11.4. The van der Waals surface area contributed by atoms with Gasteiger partial charge < -0.3 is 0 Å². The zero-order valence-electron chi connectivity index (χ0n) is 25.5. The van der Waals surface area contributed by atoms with E-state index in [9.17, 15) is 0 Å². The summed E-state index contributed by atoms with van der Waals surface area (Å²) in [4.78, 5) is 20.2. The Morgan fingerprint density at radius 3 is 1.94 bits per heavy atom. The van der Waals surface area contributed by atoms with Crippen LogP contribution in [0.3, 0.4) is 0 Å². The van der Waals surface area contributed by atoms with Crippen molar-refractivity contribution in [2.24, 2.45) is 0 Å². The Hall–Kier alpha value is -5.82. The summed E-state index contributed by atoms with van der Waals surface area (Å²) in [6.07, 6.45) is 0. The summed E-state index contributed by atoms with van der Waals surface area (Å²) in [5, 5.41) is 8.22. The van der Waals surface area contributed by atoms with Gasteiger partial charge in [-0.25, -0.2) is 19.9 Å². The van der Waals surface area contributed by atoms with E-state index >= 15 is 0 Å². The summed E-state index contributed by atoms with van der Waals surface area (Å²) < 4.78 is 3.78. The van der Waals surface area contributed by atoms with Gasteiger partial charge >= 0.3 is 0 Å². The number of hydrogen-bond acceptors (Lipinski definition) is 6. The quantitative estimate of drug-likeness (QED) is 0.191. The van der Waals surface area contributed by atoms with Crippen molar-refractivity contribution in [1.82, 2.24) is 19.9 Å². The summed E-state index contributed by atoms with van der Waals surface area (Å²) >= 11 is 3.62. The fraction of sp³-hybridized carbons (Fsp3) is 0. The van der Waals surface area contributed by atoms with Gasteiger partial charge in [0.15, 0.2) is 17.5 Å². The van der Waals surface area contributed by atoms with Crippen molar-refractivity contribution >= 4 is 74.6 Å². The van der Waals surface area contributed by atoms with Crippen molar-refractivity contribution < 1.29 is 0 Å². The number of rotatable bonds is 4. The van der Waals surface area contributed by atoms with E-state index in [0.29, 0.717) is 17.5 Å². The first-order valence-electron chi connectivity index (χ1n) is 15.8. The highest BCUT2D eigenvalue weighted by Crippen LogP contribution is 2.45. The number of thiazole rings is 1. The number of hydrogen-bond donors (Lipinski definition) is 0. The minimum absolute atomic E-state index is 0.657. The summed E-state index contributed by atoms with van der Waals surface area (Å²) in [6.45, 7) is 0. The molecule has 0 aliphatic heterocycles. The van der Waals surface area contributed by atoms with Crippen molar-refractivity contribution in [3.8, 4) is 44.7 Å². The zero-order chi connectivity index (χ0) is 31.6. The lowest BCUT2D eigenvalue weighted by Gasteiger charge is -2.11. The van der Waals surface area contributed by atoms with Crippen molar-refractivity contribution in [1.29, 1.82) is 0 Å². The lowest BCUT2D eigenvalue weighted by atomic mass is 9.99. The second-order valence-electron chi connectivity index (χ2n) is 11.9. The summed E-state index contributed by atoms with van der Waals surface area (Å²) in [5.74, 6) is 1.98. The summed E-state index contributed by atoms with van der Waals surface area (Å²) in [6, 6.07) is 50.8. The molecule has 0 bridgehead atoms. The van der Waals surface area contributed by atoms with Crippen LogP contribution < -0.4 is 0 Å². The molecule has 0 aliphatic carbocycles. The van der Waals surface area contributed by atoms with Gasteiger partial charge in [0, 0.05) is 37.7 Å². The Kier molecular flexibility index (Phi) is 6.19. The molecule has 0 saturated carbocycles. The van der Waals surface area contributed by atoms with Crippen LogP contribution in [0.1, 0.15) is 0 Å². The van der Waals surface area contributed by atoms with Gasteiger partial charge in [-0.1, -0.05) is 127 Å². The van der Waals surface area contributed by atoms with Crippen LogP contribution in [-0.4, -0.2) is 19.9 Å². The SMILES string of the molecule is c1ccc(-c2nc(-c3ccc4ccccc4c3)nc(-c3cccc4c3ccc3sc5c(ccc6nc(-c7ccccc7)sc65)c34)n2)cc1. The predicted octanol–water partition coefficient (Wildman–Crippen LogP) is 11.8. The van der Waals surface area contributed by atoms with E-state index < -0.39 is 0 Å². The van der Waals surface area contributed by atoms with Crippen LogP contribution in [0.15, 0.2) is 146 Å². The molecular weight excluding hydrogens is 625 g/mol. The molecule has 3 aromatic heterocycles. The smallest absolute Gasteiger partial charge is 0.164 e. The van der Waals surface area contributed by atoms with Crippen LogP contribution in [0, 0.1) is 0 Å². The van der Waals surface area contributed by atoms with Crippen LogP contribution >= 0.6 is 22.7 Å². The van der Waals surface area contributed by atoms with Crippen LogP contribution in [0.4, 0.5) is 0 Å². The normalized spacial score (nSPS) is 11.8. The fourth-order valence-corrected chi connectivity index (χ4v) is 9.06. The van der Waals surface area contributed by atoms with E-state index in [-0.39, 0.29) is 0 Å². The Bertz CT molecular complexity index is 2840. The molecule has 10 aromatic rings. The third-order valence-electron chi connectivity index (χ3n) is 8.95. The first kappa shape index (κ1) is 27.3. The van der Waals surface area contributed by atoms with Gasteiger partial charge in [-0.2, -0.15) is 0 Å². The van der Waals surface area contributed by atoms with E-state index in [1.807, 2.05) is 35.6 Å². The van der Waals surface area contributed by atoms with Crippen molar-refractivity contribution in [3.63, 3.8) is 0 Å². The van der Waals surface area contributed by atoms with E-state index in [2.05, 4.69) is 121 Å². The van der Waals surface area contributed by atoms with Crippen LogP contribution in [0.2, 0.25) is 0 Å². The molecule has 6 heteroatoms. The van der Waals surface area contributed by atoms with Crippen LogP contribution in [0.5, 0.6) is 0 Å². The molecule has 0 saturated heterocycles. The monoisotopic (exact) mass is 648 g/mol. The molecule has 10 rings (SSSR count). The molecule has 0 atom stereocenters. The molecule has 3 heterocycles. The van der Waals surface area contributed by atoms with E-state index in [4.69, 9.17) is 19.9 Å². The number of thiophene rings is 1. The molecule has 0 unspecified atom stereocenters. The first-order chi connectivity index (χ1) is 23.8. The molecule has 48 heavy (non-hydrogen) atoms. The fourth-order valence-electron chi connectivity index (χ4n) is 6.65. The van der Waals surface area contributed by atoms with Crippen molar-refractivity contribution in [2.75, 3.05) is 0 Å². The van der Waals surface area contributed by atoms with E-state index in [1.165, 1.54) is 35.6 Å². The second-order valence-corrected chi connectivity index (χ2v) is 13.9. The predicted molar refractivity (Wildman–Crippen MR) is 203 cm³/mol. The number of nitrogens with zero attached hydrogens (tertiary/aromatic N) is 4. The molecule has 4 nitrogen and oxygen atoms in total. The highest BCUT2D eigenvalue weighted by molar-refractivity contribution is 7.32. The average molecular weight is 649 g/mol. The summed E-state index contributed by atoms with van der Waals surface area (Å²) in [5.41, 5.74) is 5.10. The van der Waals surface area contributed by atoms with Crippen LogP contribution in [-0.2, 0) is 0 Å². The van der Waals surface area contributed by atoms with Crippen molar-refractivity contribution in [3.05, 3.63) is 146 Å². The highest BCUT2D eigenvalue weighted by Gasteiger charge is 2.18. The maximum atomic E-state index is 5.13. The van der Waals surface area contributed by atoms with Crippen LogP contribution in [0.25, 0.3) is 96.7 Å². The molecule has 0 spiro atoms. The lowest BCUT2D eigenvalue weighted by Crippen LogP contribution is -2.00. The Morgan fingerprint density at radius 1 is 0.396 bits per heavy atom. The third kappa shape index (κ3) is 4.42. The average Bonchev–Trinajstić information content (AvgIpc) is 3.77. The van der Waals surface area contributed by atoms with Gasteiger partial charge in [0.2, 0.25) is 0 Å². The first-order valence-corrected chi connectivity index (χ1v) is 17.4. The topological polar surface area (TPSA) is 51.6 Å². The lowest BCUT2D eigenvalue weighted by molar-refractivity contribution is 1.08. The Balaban J connectivity index is 1.19. The molecule has 0 fully saturated rings. The minimum Gasteiger partial charge on any atom is -0.236 e. The molecule has 7 aromatic carbocycles. The molecule has 0 radical (unpaired) electrons. The Labute approximate surface area is 283 Å².